The lowest BCUT2D eigenvalue weighted by Gasteiger charge is -2.28. The third-order valence-electron chi connectivity index (χ3n) is 3.71. The Morgan fingerprint density at radius 1 is 1.50 bits per heavy atom. The van der Waals surface area contributed by atoms with Gasteiger partial charge in [-0.3, -0.25) is 0 Å². The quantitative estimate of drug-likeness (QED) is 0.674. The molecule has 2 atom stereocenters. The molecule has 0 spiro atoms. The van der Waals surface area contributed by atoms with Gasteiger partial charge in [0, 0.05) is 12.6 Å². The summed E-state index contributed by atoms with van der Waals surface area (Å²) < 4.78 is 5.46. The van der Waals surface area contributed by atoms with Crippen molar-refractivity contribution in [1.82, 2.24) is 4.90 Å². The summed E-state index contributed by atoms with van der Waals surface area (Å²) >= 11 is 0. The van der Waals surface area contributed by atoms with Crippen molar-refractivity contribution in [3.63, 3.8) is 0 Å². The van der Waals surface area contributed by atoms with E-state index in [1.54, 1.807) is 0 Å². The Morgan fingerprint density at radius 3 is 2.71 bits per heavy atom. The summed E-state index contributed by atoms with van der Waals surface area (Å²) in [6, 6.07) is 0.709. The van der Waals surface area contributed by atoms with Gasteiger partial charge in [-0.25, -0.2) is 0 Å². The van der Waals surface area contributed by atoms with Crippen molar-refractivity contribution in [2.24, 2.45) is 5.41 Å². The molecule has 2 heteroatoms. The van der Waals surface area contributed by atoms with Crippen molar-refractivity contribution in [3.8, 4) is 0 Å². The first kappa shape index (κ1) is 12.0. The number of hydrogen-bond donors (Lipinski definition) is 0. The van der Waals surface area contributed by atoms with E-state index in [2.05, 4.69) is 32.7 Å². The van der Waals surface area contributed by atoms with Gasteiger partial charge in [0.05, 0.1) is 6.61 Å². The van der Waals surface area contributed by atoms with Gasteiger partial charge in [0.2, 0.25) is 0 Å². The first-order valence-electron chi connectivity index (χ1n) is 5.85. The first-order valence-corrected chi connectivity index (χ1v) is 5.85. The lowest BCUT2D eigenvalue weighted by molar-refractivity contribution is 0.140. The standard InChI is InChI=1S/C12H25NO/c1-5-11(2)13(4)8-6-12(3)7-9-14-10-12/h11H,5-10H2,1-4H3. The number of nitrogens with zero attached hydrogens (tertiary/aromatic N) is 1. The molecule has 0 radical (unpaired) electrons. The van der Waals surface area contributed by atoms with Crippen LogP contribution in [-0.4, -0.2) is 37.7 Å². The third kappa shape index (κ3) is 3.25. The molecule has 84 valence electrons. The van der Waals surface area contributed by atoms with Crippen LogP contribution >= 0.6 is 0 Å². The predicted octanol–water partition coefficient (Wildman–Crippen LogP) is 2.53. The fourth-order valence-corrected chi connectivity index (χ4v) is 1.88. The molecule has 14 heavy (non-hydrogen) atoms. The minimum atomic E-state index is 0.446. The van der Waals surface area contributed by atoms with Crippen LogP contribution in [0.3, 0.4) is 0 Å². The van der Waals surface area contributed by atoms with Crippen molar-refractivity contribution in [2.45, 2.75) is 46.1 Å². The average Bonchev–Trinajstić information content (AvgIpc) is 2.61. The lowest BCUT2D eigenvalue weighted by Crippen LogP contribution is -2.32. The summed E-state index contributed by atoms with van der Waals surface area (Å²) in [6.07, 6.45) is 3.75. The molecule has 0 aromatic carbocycles. The highest BCUT2D eigenvalue weighted by Crippen LogP contribution is 2.31. The van der Waals surface area contributed by atoms with E-state index < -0.39 is 0 Å². The smallest absolute Gasteiger partial charge is 0.0521 e. The molecule has 1 saturated heterocycles. The second kappa shape index (κ2) is 5.13. The molecule has 1 fully saturated rings. The third-order valence-corrected chi connectivity index (χ3v) is 3.71. The summed E-state index contributed by atoms with van der Waals surface area (Å²) in [6.45, 7) is 10.0. The maximum Gasteiger partial charge on any atom is 0.0521 e. The molecular formula is C12H25NO. The number of ether oxygens (including phenoxy) is 1. The first-order chi connectivity index (χ1) is 6.57. The summed E-state index contributed by atoms with van der Waals surface area (Å²) in [5, 5.41) is 0. The van der Waals surface area contributed by atoms with Gasteiger partial charge in [0.15, 0.2) is 0 Å². The summed E-state index contributed by atoms with van der Waals surface area (Å²) in [5.41, 5.74) is 0.446. The van der Waals surface area contributed by atoms with Crippen molar-refractivity contribution >= 4 is 0 Å². The van der Waals surface area contributed by atoms with Crippen LogP contribution in [0.15, 0.2) is 0 Å². The molecule has 0 saturated carbocycles. The minimum absolute atomic E-state index is 0.446. The van der Waals surface area contributed by atoms with Crippen LogP contribution in [-0.2, 0) is 4.74 Å². The van der Waals surface area contributed by atoms with E-state index in [1.165, 1.54) is 25.8 Å². The lowest BCUT2D eigenvalue weighted by atomic mass is 9.86. The molecule has 0 aromatic rings. The Hall–Kier alpha value is -0.0800. The van der Waals surface area contributed by atoms with Crippen LogP contribution < -0.4 is 0 Å². The van der Waals surface area contributed by atoms with Gasteiger partial charge in [-0.2, -0.15) is 0 Å². The van der Waals surface area contributed by atoms with Crippen molar-refractivity contribution in [2.75, 3.05) is 26.8 Å². The fourth-order valence-electron chi connectivity index (χ4n) is 1.88. The molecule has 0 N–H and O–H groups in total. The molecule has 2 nitrogen and oxygen atoms in total. The maximum atomic E-state index is 5.46. The molecule has 1 heterocycles. The predicted molar refractivity (Wildman–Crippen MR) is 60.5 cm³/mol. The Bertz CT molecular complexity index is 164. The van der Waals surface area contributed by atoms with Crippen LogP contribution in [0.5, 0.6) is 0 Å². The molecular weight excluding hydrogens is 174 g/mol. The van der Waals surface area contributed by atoms with Crippen LogP contribution in [0.4, 0.5) is 0 Å². The molecule has 1 rings (SSSR count). The second-order valence-corrected chi connectivity index (χ2v) is 5.10. The van der Waals surface area contributed by atoms with Crippen LogP contribution in [0.25, 0.3) is 0 Å². The SMILES string of the molecule is CCC(C)N(C)CCC1(C)CCOC1. The summed E-state index contributed by atoms with van der Waals surface area (Å²) in [7, 11) is 2.23. The topological polar surface area (TPSA) is 12.5 Å². The van der Waals surface area contributed by atoms with Crippen LogP contribution in [0.2, 0.25) is 0 Å². The van der Waals surface area contributed by atoms with Gasteiger partial charge in [-0.05, 0) is 45.2 Å². The second-order valence-electron chi connectivity index (χ2n) is 5.10. The van der Waals surface area contributed by atoms with Gasteiger partial charge in [0.1, 0.15) is 0 Å². The Kier molecular flexibility index (Phi) is 4.39. The monoisotopic (exact) mass is 199 g/mol. The van der Waals surface area contributed by atoms with E-state index in [0.717, 1.165) is 13.2 Å². The Labute approximate surface area is 88.6 Å². The number of hydrogen-bond acceptors (Lipinski definition) is 2. The molecule has 0 amide bonds. The minimum Gasteiger partial charge on any atom is -0.381 e. The van der Waals surface area contributed by atoms with E-state index in [4.69, 9.17) is 4.74 Å². The number of rotatable bonds is 5. The molecule has 0 aromatic heterocycles. The van der Waals surface area contributed by atoms with Gasteiger partial charge < -0.3 is 9.64 Å². The molecule has 2 unspecified atom stereocenters. The highest BCUT2D eigenvalue weighted by atomic mass is 16.5. The highest BCUT2D eigenvalue weighted by Gasteiger charge is 2.29. The van der Waals surface area contributed by atoms with Crippen LogP contribution in [0.1, 0.15) is 40.0 Å². The van der Waals surface area contributed by atoms with E-state index >= 15 is 0 Å². The van der Waals surface area contributed by atoms with Gasteiger partial charge in [0.25, 0.3) is 0 Å². The van der Waals surface area contributed by atoms with Gasteiger partial charge >= 0.3 is 0 Å². The molecule has 0 bridgehead atoms. The Balaban J connectivity index is 2.25. The van der Waals surface area contributed by atoms with Crippen molar-refractivity contribution in [3.05, 3.63) is 0 Å². The van der Waals surface area contributed by atoms with Crippen molar-refractivity contribution < 1.29 is 4.74 Å². The molecule has 1 aliphatic rings. The van der Waals surface area contributed by atoms with Gasteiger partial charge in [-0.1, -0.05) is 13.8 Å². The maximum absolute atomic E-state index is 5.46. The zero-order chi connectivity index (χ0) is 10.6. The summed E-state index contributed by atoms with van der Waals surface area (Å²) in [4.78, 5) is 2.46. The fraction of sp³-hybridized carbons (Fsp3) is 1.00. The summed E-state index contributed by atoms with van der Waals surface area (Å²) in [5.74, 6) is 0. The largest absolute Gasteiger partial charge is 0.381 e. The highest BCUT2D eigenvalue weighted by molar-refractivity contribution is 4.79. The zero-order valence-electron chi connectivity index (χ0n) is 10.2. The molecule has 0 aliphatic carbocycles. The zero-order valence-corrected chi connectivity index (χ0v) is 10.2. The van der Waals surface area contributed by atoms with Crippen LogP contribution in [0, 0.1) is 5.41 Å². The van der Waals surface area contributed by atoms with Crippen molar-refractivity contribution in [1.29, 1.82) is 0 Å². The average molecular weight is 199 g/mol. The molecule has 1 aliphatic heterocycles. The van der Waals surface area contributed by atoms with E-state index in [1.807, 2.05) is 0 Å². The van der Waals surface area contributed by atoms with E-state index in [9.17, 15) is 0 Å². The van der Waals surface area contributed by atoms with E-state index in [-0.39, 0.29) is 0 Å². The van der Waals surface area contributed by atoms with E-state index in [0.29, 0.717) is 11.5 Å². The van der Waals surface area contributed by atoms with Gasteiger partial charge in [-0.15, -0.1) is 0 Å². The normalized spacial score (nSPS) is 29.8. The Morgan fingerprint density at radius 2 is 2.21 bits per heavy atom.